The minimum atomic E-state index is -1.07. The molecule has 2 aromatic heterocycles. The van der Waals surface area contributed by atoms with Gasteiger partial charge in [0.15, 0.2) is 0 Å². The van der Waals surface area contributed by atoms with Gasteiger partial charge < -0.3 is 5.11 Å². The minimum absolute atomic E-state index is 0.0708. The van der Waals surface area contributed by atoms with Gasteiger partial charge in [0, 0.05) is 11.8 Å². The van der Waals surface area contributed by atoms with Crippen molar-refractivity contribution >= 4 is 17.4 Å². The Morgan fingerprint density at radius 2 is 1.95 bits per heavy atom. The van der Waals surface area contributed by atoms with Gasteiger partial charge in [0.1, 0.15) is 11.3 Å². The Labute approximate surface area is 126 Å². The Morgan fingerprint density at radius 1 is 1.18 bits per heavy atom. The first kappa shape index (κ1) is 13.9. The number of carboxylic acid groups (broad SMARTS) is 1. The Hall–Kier alpha value is -3.02. The average Bonchev–Trinajstić information content (AvgIpc) is 2.87. The van der Waals surface area contributed by atoms with Crippen LogP contribution < -0.4 is 0 Å². The standard InChI is InChI=1S/C16H13N3O3/c1-9-3-4-11(7-10(9)2)14-15(18-22)19-8-12(16(20)21)5-6-13(19)17-14/h3-8H,1-2H3,(H,20,21). The molecule has 0 unspecified atom stereocenters. The molecule has 6 nitrogen and oxygen atoms in total. The highest BCUT2D eigenvalue weighted by molar-refractivity contribution is 5.88. The number of nitrogens with zero attached hydrogens (tertiary/aromatic N) is 3. The van der Waals surface area contributed by atoms with E-state index in [1.807, 2.05) is 32.0 Å². The third-order valence-electron chi connectivity index (χ3n) is 3.71. The number of fused-ring (bicyclic) bond motifs is 1. The molecule has 0 bridgehead atoms. The van der Waals surface area contributed by atoms with Crippen molar-refractivity contribution in [2.75, 3.05) is 0 Å². The number of imidazole rings is 1. The number of hydrogen-bond donors (Lipinski definition) is 1. The highest BCUT2D eigenvalue weighted by Crippen LogP contribution is 2.32. The first-order valence-electron chi connectivity index (χ1n) is 6.67. The predicted molar refractivity (Wildman–Crippen MR) is 82.5 cm³/mol. The largest absolute Gasteiger partial charge is 0.478 e. The van der Waals surface area contributed by atoms with Gasteiger partial charge in [-0.3, -0.25) is 4.40 Å². The number of nitroso groups, excluding NO2 is 1. The number of aromatic carboxylic acids is 1. The van der Waals surface area contributed by atoms with Crippen LogP contribution in [0.1, 0.15) is 21.5 Å². The highest BCUT2D eigenvalue weighted by Gasteiger charge is 2.16. The lowest BCUT2D eigenvalue weighted by Gasteiger charge is -2.03. The molecule has 22 heavy (non-hydrogen) atoms. The summed E-state index contributed by atoms with van der Waals surface area (Å²) in [5.41, 5.74) is 3.99. The lowest BCUT2D eigenvalue weighted by molar-refractivity contribution is 0.0696. The summed E-state index contributed by atoms with van der Waals surface area (Å²) in [6, 6.07) is 8.76. The van der Waals surface area contributed by atoms with Crippen LogP contribution >= 0.6 is 0 Å². The van der Waals surface area contributed by atoms with Gasteiger partial charge in [0.05, 0.1) is 5.56 Å². The molecule has 0 aliphatic rings. The first-order valence-corrected chi connectivity index (χ1v) is 6.67. The van der Waals surface area contributed by atoms with Crippen molar-refractivity contribution in [3.8, 4) is 11.3 Å². The van der Waals surface area contributed by atoms with Crippen molar-refractivity contribution in [1.29, 1.82) is 0 Å². The molecule has 0 radical (unpaired) electrons. The van der Waals surface area contributed by atoms with Crippen LogP contribution in [0, 0.1) is 18.8 Å². The van der Waals surface area contributed by atoms with Crippen molar-refractivity contribution in [2.45, 2.75) is 13.8 Å². The fourth-order valence-electron chi connectivity index (χ4n) is 2.33. The lowest BCUT2D eigenvalue weighted by Crippen LogP contribution is -1.98. The molecule has 6 heteroatoms. The second-order valence-electron chi connectivity index (χ2n) is 5.13. The van der Waals surface area contributed by atoms with E-state index in [0.717, 1.165) is 16.7 Å². The van der Waals surface area contributed by atoms with Gasteiger partial charge in [-0.1, -0.05) is 12.1 Å². The SMILES string of the molecule is Cc1ccc(-c2nc3ccc(C(=O)O)cn3c2N=O)cc1C. The van der Waals surface area contributed by atoms with Crippen LogP contribution in [0.25, 0.3) is 16.9 Å². The maximum Gasteiger partial charge on any atom is 0.337 e. The first-order chi connectivity index (χ1) is 10.5. The summed E-state index contributed by atoms with van der Waals surface area (Å²) < 4.78 is 1.40. The molecule has 0 atom stereocenters. The molecular weight excluding hydrogens is 282 g/mol. The van der Waals surface area contributed by atoms with Crippen LogP contribution in [-0.4, -0.2) is 20.5 Å². The number of benzene rings is 1. The molecule has 2 heterocycles. The van der Waals surface area contributed by atoms with Gasteiger partial charge in [0.25, 0.3) is 0 Å². The van der Waals surface area contributed by atoms with Crippen LogP contribution in [0.5, 0.6) is 0 Å². The summed E-state index contributed by atoms with van der Waals surface area (Å²) in [7, 11) is 0. The summed E-state index contributed by atoms with van der Waals surface area (Å²) in [6.45, 7) is 3.98. The monoisotopic (exact) mass is 295 g/mol. The van der Waals surface area contributed by atoms with Crippen LogP contribution in [0.2, 0.25) is 0 Å². The van der Waals surface area contributed by atoms with E-state index in [1.54, 1.807) is 6.07 Å². The molecule has 0 fully saturated rings. The highest BCUT2D eigenvalue weighted by atomic mass is 16.4. The topological polar surface area (TPSA) is 84.0 Å². The summed E-state index contributed by atoms with van der Waals surface area (Å²) in [4.78, 5) is 26.7. The summed E-state index contributed by atoms with van der Waals surface area (Å²) in [5, 5.41) is 12.1. The number of carbonyl (C=O) groups is 1. The molecule has 110 valence electrons. The second kappa shape index (κ2) is 5.07. The molecular formula is C16H13N3O3. The molecule has 3 aromatic rings. The average molecular weight is 295 g/mol. The molecule has 0 saturated heterocycles. The zero-order chi connectivity index (χ0) is 15.9. The van der Waals surface area contributed by atoms with Crippen LogP contribution in [0.4, 0.5) is 5.82 Å². The summed E-state index contributed by atoms with van der Waals surface area (Å²) in [5.74, 6) is -0.971. The summed E-state index contributed by atoms with van der Waals surface area (Å²) >= 11 is 0. The number of hydrogen-bond acceptors (Lipinski definition) is 4. The van der Waals surface area contributed by atoms with Gasteiger partial charge >= 0.3 is 5.97 Å². The summed E-state index contributed by atoms with van der Waals surface area (Å²) in [6.07, 6.45) is 1.35. The van der Waals surface area contributed by atoms with Gasteiger partial charge in [0.2, 0.25) is 5.82 Å². The number of carboxylic acids is 1. The van der Waals surface area contributed by atoms with E-state index in [1.165, 1.54) is 16.7 Å². The zero-order valence-electron chi connectivity index (χ0n) is 12.1. The fraction of sp³-hybridized carbons (Fsp3) is 0.125. The Kier molecular flexibility index (Phi) is 3.21. The van der Waals surface area contributed by atoms with E-state index in [4.69, 9.17) is 5.11 Å². The maximum absolute atomic E-state index is 11.3. The predicted octanol–water partition coefficient (Wildman–Crippen LogP) is 3.71. The normalized spacial score (nSPS) is 10.8. The van der Waals surface area contributed by atoms with E-state index < -0.39 is 5.97 Å². The van der Waals surface area contributed by atoms with Crippen molar-refractivity contribution in [3.63, 3.8) is 0 Å². The Morgan fingerprint density at radius 3 is 2.59 bits per heavy atom. The smallest absolute Gasteiger partial charge is 0.337 e. The van der Waals surface area contributed by atoms with Crippen molar-refractivity contribution in [2.24, 2.45) is 5.18 Å². The van der Waals surface area contributed by atoms with Crippen molar-refractivity contribution in [1.82, 2.24) is 9.38 Å². The molecule has 0 aliphatic heterocycles. The molecule has 3 rings (SSSR count). The molecule has 1 N–H and O–H groups in total. The Balaban J connectivity index is 2.27. The molecule has 0 saturated carbocycles. The van der Waals surface area contributed by atoms with Gasteiger partial charge in [-0.15, -0.1) is 4.91 Å². The molecule has 0 amide bonds. The number of rotatable bonds is 3. The minimum Gasteiger partial charge on any atom is -0.478 e. The molecule has 0 aliphatic carbocycles. The molecule has 1 aromatic carbocycles. The third kappa shape index (κ3) is 2.14. The van der Waals surface area contributed by atoms with E-state index >= 15 is 0 Å². The Bertz CT molecular complexity index is 912. The molecule has 0 spiro atoms. The number of aryl methyl sites for hydroxylation is 2. The van der Waals surface area contributed by atoms with Gasteiger partial charge in [-0.2, -0.15) is 0 Å². The lowest BCUT2D eigenvalue weighted by atomic mass is 10.0. The van der Waals surface area contributed by atoms with E-state index in [-0.39, 0.29) is 11.4 Å². The number of aromatic nitrogens is 2. The second-order valence-corrected chi connectivity index (χ2v) is 5.13. The van der Waals surface area contributed by atoms with Gasteiger partial charge in [-0.05, 0) is 48.4 Å². The quantitative estimate of drug-likeness (QED) is 0.746. The van der Waals surface area contributed by atoms with Crippen LogP contribution in [0.15, 0.2) is 41.7 Å². The van der Waals surface area contributed by atoms with E-state index in [2.05, 4.69) is 10.2 Å². The van der Waals surface area contributed by atoms with E-state index in [9.17, 15) is 9.70 Å². The van der Waals surface area contributed by atoms with Gasteiger partial charge in [-0.25, -0.2) is 9.78 Å². The third-order valence-corrected chi connectivity index (χ3v) is 3.71. The maximum atomic E-state index is 11.3. The van der Waals surface area contributed by atoms with E-state index in [0.29, 0.717) is 11.3 Å². The van der Waals surface area contributed by atoms with Crippen molar-refractivity contribution < 1.29 is 9.90 Å². The number of pyridine rings is 1. The van der Waals surface area contributed by atoms with Crippen LogP contribution in [0.3, 0.4) is 0 Å². The zero-order valence-corrected chi connectivity index (χ0v) is 12.1. The fourth-order valence-corrected chi connectivity index (χ4v) is 2.33. The van der Waals surface area contributed by atoms with Crippen LogP contribution in [-0.2, 0) is 0 Å². The van der Waals surface area contributed by atoms with Crippen molar-refractivity contribution in [3.05, 3.63) is 58.1 Å².